The summed E-state index contributed by atoms with van der Waals surface area (Å²) in [5.41, 5.74) is 7.16. The van der Waals surface area contributed by atoms with Crippen LogP contribution in [-0.4, -0.2) is 73.8 Å². The summed E-state index contributed by atoms with van der Waals surface area (Å²) in [6, 6.07) is 14.4. The molecule has 2 N–H and O–H groups in total. The molecule has 0 spiro atoms. The van der Waals surface area contributed by atoms with Crippen LogP contribution in [0.5, 0.6) is 0 Å². The van der Waals surface area contributed by atoms with Crippen LogP contribution in [0.2, 0.25) is 0 Å². The molecule has 1 aromatic heterocycles. The van der Waals surface area contributed by atoms with Gasteiger partial charge in [0.1, 0.15) is 0 Å². The van der Waals surface area contributed by atoms with E-state index in [4.69, 9.17) is 9.47 Å². The Morgan fingerprint density at radius 2 is 1.53 bits per heavy atom. The summed E-state index contributed by atoms with van der Waals surface area (Å²) in [5, 5.41) is 7.67. The van der Waals surface area contributed by atoms with E-state index in [-0.39, 0.29) is 0 Å². The predicted molar refractivity (Wildman–Crippen MR) is 146 cm³/mol. The molecule has 3 aromatic rings. The summed E-state index contributed by atoms with van der Waals surface area (Å²) in [7, 11) is 0. The topological polar surface area (TPSA) is 100 Å². The molecular formula is C25H29BrN8O2. The minimum atomic E-state index is 0.360. The second-order valence-corrected chi connectivity index (χ2v) is 9.41. The van der Waals surface area contributed by atoms with Gasteiger partial charge in [-0.1, -0.05) is 18.2 Å². The van der Waals surface area contributed by atoms with Crippen LogP contribution in [0.4, 0.5) is 29.2 Å². The first-order chi connectivity index (χ1) is 17.6. The first-order valence-electron chi connectivity index (χ1n) is 12.0. The molecule has 2 aliphatic rings. The van der Waals surface area contributed by atoms with Gasteiger partial charge in [-0.25, -0.2) is 5.43 Å². The zero-order valence-electron chi connectivity index (χ0n) is 20.2. The van der Waals surface area contributed by atoms with Gasteiger partial charge in [-0.3, -0.25) is 0 Å². The maximum Gasteiger partial charge on any atom is 0.250 e. The van der Waals surface area contributed by atoms with Gasteiger partial charge in [-0.05, 0) is 58.2 Å². The lowest BCUT2D eigenvalue weighted by Crippen LogP contribution is -2.37. The molecule has 188 valence electrons. The summed E-state index contributed by atoms with van der Waals surface area (Å²) in [4.78, 5) is 18.2. The van der Waals surface area contributed by atoms with Crippen molar-refractivity contribution in [2.75, 3.05) is 73.1 Å². The van der Waals surface area contributed by atoms with Crippen molar-refractivity contribution in [3.63, 3.8) is 0 Å². The first kappa shape index (κ1) is 24.4. The second kappa shape index (κ2) is 11.6. The minimum absolute atomic E-state index is 0.360. The highest BCUT2D eigenvalue weighted by atomic mass is 79.9. The molecule has 0 bridgehead atoms. The molecule has 3 heterocycles. The number of aryl methyl sites for hydroxylation is 1. The van der Waals surface area contributed by atoms with Crippen LogP contribution in [0.25, 0.3) is 0 Å². The van der Waals surface area contributed by atoms with Crippen molar-refractivity contribution in [3.8, 4) is 0 Å². The lowest BCUT2D eigenvalue weighted by Gasteiger charge is -2.28. The van der Waals surface area contributed by atoms with E-state index >= 15 is 0 Å². The monoisotopic (exact) mass is 552 g/mol. The molecule has 2 aliphatic heterocycles. The Balaban J connectivity index is 1.31. The molecule has 0 aliphatic carbocycles. The van der Waals surface area contributed by atoms with Crippen molar-refractivity contribution in [2.45, 2.75) is 6.92 Å². The molecule has 2 aromatic carbocycles. The number of morpholine rings is 2. The lowest BCUT2D eigenvalue weighted by atomic mass is 10.2. The van der Waals surface area contributed by atoms with Gasteiger partial charge < -0.3 is 24.6 Å². The molecule has 0 atom stereocenters. The van der Waals surface area contributed by atoms with Crippen molar-refractivity contribution >= 4 is 51.4 Å². The van der Waals surface area contributed by atoms with Gasteiger partial charge in [-0.15, -0.1) is 0 Å². The SMILES string of the molecule is Cc1ccc(Nc2nc(N/N=C/c3ccc(N4CCOCC4)cc3)nc(N3CCOCC3)n2)c(Br)c1. The van der Waals surface area contributed by atoms with Crippen LogP contribution in [0.3, 0.4) is 0 Å². The second-order valence-electron chi connectivity index (χ2n) is 8.55. The van der Waals surface area contributed by atoms with E-state index in [9.17, 15) is 0 Å². The van der Waals surface area contributed by atoms with E-state index in [2.05, 4.69) is 68.7 Å². The van der Waals surface area contributed by atoms with E-state index in [0.29, 0.717) is 31.1 Å². The number of rotatable bonds is 7. The van der Waals surface area contributed by atoms with Crippen LogP contribution >= 0.6 is 15.9 Å². The average Bonchev–Trinajstić information content (AvgIpc) is 2.92. The van der Waals surface area contributed by atoms with Gasteiger partial charge in [-0.2, -0.15) is 20.1 Å². The molecule has 2 saturated heterocycles. The number of hydrazone groups is 1. The zero-order valence-corrected chi connectivity index (χ0v) is 21.7. The standard InChI is InChI=1S/C25H29BrN8O2/c1-18-2-7-22(21(26)16-18)28-23-29-24(31-25(30-23)34-10-14-36-15-11-34)32-27-17-19-3-5-20(6-4-19)33-8-12-35-13-9-33/h2-7,16-17H,8-15H2,1H3,(H2,28,29,30,31,32)/b27-17+. The number of halogens is 1. The van der Waals surface area contributed by atoms with E-state index < -0.39 is 0 Å². The van der Waals surface area contributed by atoms with Crippen LogP contribution in [-0.2, 0) is 9.47 Å². The van der Waals surface area contributed by atoms with Crippen LogP contribution in [0.1, 0.15) is 11.1 Å². The molecule has 10 nitrogen and oxygen atoms in total. The molecule has 2 fully saturated rings. The van der Waals surface area contributed by atoms with E-state index in [0.717, 1.165) is 60.7 Å². The Bertz CT molecular complexity index is 1200. The highest BCUT2D eigenvalue weighted by Crippen LogP contribution is 2.26. The Morgan fingerprint density at radius 1 is 0.861 bits per heavy atom. The molecule has 0 saturated carbocycles. The van der Waals surface area contributed by atoms with Crippen LogP contribution < -0.4 is 20.5 Å². The highest BCUT2D eigenvalue weighted by Gasteiger charge is 2.17. The number of hydrogen-bond acceptors (Lipinski definition) is 10. The van der Waals surface area contributed by atoms with Gasteiger partial charge in [0.05, 0.1) is 38.3 Å². The molecule has 5 rings (SSSR count). The minimum Gasteiger partial charge on any atom is -0.378 e. The molecule has 0 amide bonds. The summed E-state index contributed by atoms with van der Waals surface area (Å²) in [5.74, 6) is 1.37. The fourth-order valence-corrected chi connectivity index (χ4v) is 4.57. The van der Waals surface area contributed by atoms with Crippen molar-refractivity contribution in [1.29, 1.82) is 0 Å². The first-order valence-corrected chi connectivity index (χ1v) is 12.8. The van der Waals surface area contributed by atoms with E-state index in [1.165, 1.54) is 5.69 Å². The van der Waals surface area contributed by atoms with Gasteiger partial charge in [0, 0.05) is 36.3 Å². The van der Waals surface area contributed by atoms with Crippen molar-refractivity contribution in [1.82, 2.24) is 15.0 Å². The molecule has 11 heteroatoms. The number of nitrogens with one attached hydrogen (secondary N) is 2. The Labute approximate surface area is 218 Å². The normalized spacial score (nSPS) is 16.4. The molecular weight excluding hydrogens is 524 g/mol. The summed E-state index contributed by atoms with van der Waals surface area (Å²) < 4.78 is 11.9. The number of ether oxygens (including phenoxy) is 2. The van der Waals surface area contributed by atoms with Crippen LogP contribution in [0.15, 0.2) is 52.0 Å². The number of hydrogen-bond donors (Lipinski definition) is 2. The number of anilines is 5. The van der Waals surface area contributed by atoms with Gasteiger partial charge in [0.15, 0.2) is 0 Å². The number of benzene rings is 2. The number of nitrogens with zero attached hydrogens (tertiary/aromatic N) is 6. The lowest BCUT2D eigenvalue weighted by molar-refractivity contribution is 0.122. The summed E-state index contributed by atoms with van der Waals surface area (Å²) >= 11 is 3.61. The van der Waals surface area contributed by atoms with Crippen molar-refractivity contribution in [2.24, 2.45) is 5.10 Å². The van der Waals surface area contributed by atoms with Crippen LogP contribution in [0, 0.1) is 6.92 Å². The fourth-order valence-electron chi connectivity index (χ4n) is 3.97. The Kier molecular flexibility index (Phi) is 7.89. The molecule has 0 radical (unpaired) electrons. The average molecular weight is 553 g/mol. The summed E-state index contributed by atoms with van der Waals surface area (Å²) in [6.45, 7) is 8.12. The third-order valence-electron chi connectivity index (χ3n) is 5.94. The largest absolute Gasteiger partial charge is 0.378 e. The van der Waals surface area contributed by atoms with E-state index in [1.54, 1.807) is 6.21 Å². The fraction of sp³-hybridized carbons (Fsp3) is 0.360. The number of aromatic nitrogens is 3. The highest BCUT2D eigenvalue weighted by molar-refractivity contribution is 9.10. The molecule has 36 heavy (non-hydrogen) atoms. The maximum absolute atomic E-state index is 5.48. The van der Waals surface area contributed by atoms with Crippen molar-refractivity contribution in [3.05, 3.63) is 58.1 Å². The molecule has 0 unspecified atom stereocenters. The van der Waals surface area contributed by atoms with E-state index in [1.807, 2.05) is 37.3 Å². The Morgan fingerprint density at radius 3 is 2.22 bits per heavy atom. The predicted octanol–water partition coefficient (Wildman–Crippen LogP) is 3.81. The third-order valence-corrected chi connectivity index (χ3v) is 6.59. The smallest absolute Gasteiger partial charge is 0.250 e. The third kappa shape index (κ3) is 6.28. The maximum atomic E-state index is 5.48. The van der Waals surface area contributed by atoms with Gasteiger partial charge in [0.2, 0.25) is 17.8 Å². The van der Waals surface area contributed by atoms with Crippen molar-refractivity contribution < 1.29 is 9.47 Å². The summed E-state index contributed by atoms with van der Waals surface area (Å²) in [6.07, 6.45) is 1.75. The quantitative estimate of drug-likeness (QED) is 0.334. The van der Waals surface area contributed by atoms with Gasteiger partial charge in [0.25, 0.3) is 0 Å². The zero-order chi connectivity index (χ0) is 24.7. The Hall–Kier alpha value is -3.28. The van der Waals surface area contributed by atoms with Gasteiger partial charge >= 0.3 is 0 Å².